The number of hydrogen-bond donors (Lipinski definition) is 2. The summed E-state index contributed by atoms with van der Waals surface area (Å²) < 4.78 is 0. The van der Waals surface area contributed by atoms with Gasteiger partial charge in [-0.3, -0.25) is 9.89 Å². The molecule has 0 bridgehead atoms. The van der Waals surface area contributed by atoms with E-state index in [1.165, 1.54) is 6.92 Å². The summed E-state index contributed by atoms with van der Waals surface area (Å²) >= 11 is 0. The molecule has 2 aromatic rings. The summed E-state index contributed by atoms with van der Waals surface area (Å²) in [6, 6.07) is 8.01. The molecule has 0 atom stereocenters. The number of rotatable bonds is 0. The van der Waals surface area contributed by atoms with Gasteiger partial charge in [-0.05, 0) is 6.07 Å². The van der Waals surface area contributed by atoms with Gasteiger partial charge in [0.2, 0.25) is 5.91 Å². The molecule has 0 spiro atoms. The highest BCUT2D eigenvalue weighted by Crippen LogP contribution is 2.06. The number of nitrogens with zero attached hydrogens (tertiary/aromatic N) is 1. The van der Waals surface area contributed by atoms with Crippen molar-refractivity contribution in [2.75, 3.05) is 0 Å². The van der Waals surface area contributed by atoms with Gasteiger partial charge in [-0.1, -0.05) is 18.2 Å². The monoisotopic (exact) mass is 177 g/mol. The SMILES string of the molecule is CC(N)=O.c1ccc2[nH]ncc2c1. The molecular weight excluding hydrogens is 166 g/mol. The number of primary amides is 1. The minimum atomic E-state index is -0.333. The van der Waals surface area contributed by atoms with Gasteiger partial charge >= 0.3 is 0 Å². The van der Waals surface area contributed by atoms with Crippen LogP contribution in [0.3, 0.4) is 0 Å². The van der Waals surface area contributed by atoms with Gasteiger partial charge in [0.25, 0.3) is 0 Å². The van der Waals surface area contributed by atoms with E-state index in [9.17, 15) is 4.79 Å². The van der Waals surface area contributed by atoms with E-state index in [0.717, 1.165) is 10.9 Å². The number of amides is 1. The first-order valence-electron chi connectivity index (χ1n) is 3.84. The molecule has 68 valence electrons. The van der Waals surface area contributed by atoms with Crippen LogP contribution in [0.2, 0.25) is 0 Å². The molecule has 0 saturated carbocycles. The molecule has 1 amide bonds. The lowest BCUT2D eigenvalue weighted by atomic mass is 10.3. The Labute approximate surface area is 75.7 Å². The maximum Gasteiger partial charge on any atom is 0.214 e. The average Bonchev–Trinajstić information content (AvgIpc) is 2.49. The molecule has 3 N–H and O–H groups in total. The number of benzene rings is 1. The van der Waals surface area contributed by atoms with Crippen molar-refractivity contribution in [1.29, 1.82) is 0 Å². The molecule has 0 unspecified atom stereocenters. The van der Waals surface area contributed by atoms with Crippen LogP contribution >= 0.6 is 0 Å². The zero-order valence-corrected chi connectivity index (χ0v) is 7.32. The second-order valence-electron chi connectivity index (χ2n) is 2.57. The van der Waals surface area contributed by atoms with E-state index in [4.69, 9.17) is 0 Å². The van der Waals surface area contributed by atoms with Crippen molar-refractivity contribution in [3.63, 3.8) is 0 Å². The standard InChI is InChI=1S/C7H6N2.C2H5NO/c1-2-4-7-6(3-1)5-8-9-7;1-2(3)4/h1-5H,(H,8,9);1H3,(H2,3,4). The highest BCUT2D eigenvalue weighted by molar-refractivity contribution is 5.77. The number of carbonyl (C=O) groups is 1. The number of aromatic nitrogens is 2. The van der Waals surface area contributed by atoms with Gasteiger partial charge in [-0.2, -0.15) is 5.10 Å². The van der Waals surface area contributed by atoms with E-state index in [-0.39, 0.29) is 5.91 Å². The van der Waals surface area contributed by atoms with E-state index in [1.807, 2.05) is 30.5 Å². The maximum atomic E-state index is 9.22. The molecule has 1 aromatic heterocycles. The van der Waals surface area contributed by atoms with Crippen LogP contribution in [0, 0.1) is 0 Å². The predicted octanol–water partition coefficient (Wildman–Crippen LogP) is 1.05. The Hall–Kier alpha value is -1.84. The second kappa shape index (κ2) is 4.25. The van der Waals surface area contributed by atoms with Gasteiger partial charge in [0.15, 0.2) is 0 Å². The van der Waals surface area contributed by atoms with Crippen molar-refractivity contribution in [1.82, 2.24) is 10.2 Å². The van der Waals surface area contributed by atoms with E-state index in [2.05, 4.69) is 15.9 Å². The third-order valence-electron chi connectivity index (χ3n) is 1.35. The van der Waals surface area contributed by atoms with Gasteiger partial charge in [-0.25, -0.2) is 0 Å². The molecule has 13 heavy (non-hydrogen) atoms. The molecule has 0 radical (unpaired) electrons. The first-order valence-corrected chi connectivity index (χ1v) is 3.84. The smallest absolute Gasteiger partial charge is 0.214 e. The Morgan fingerprint density at radius 2 is 2.08 bits per heavy atom. The van der Waals surface area contributed by atoms with Crippen LogP contribution in [0.4, 0.5) is 0 Å². The number of aromatic amines is 1. The molecule has 2 rings (SSSR count). The zero-order chi connectivity index (χ0) is 9.68. The third-order valence-corrected chi connectivity index (χ3v) is 1.35. The molecule has 0 fully saturated rings. The molecule has 0 aliphatic heterocycles. The number of H-pyrrole nitrogens is 1. The first-order chi connectivity index (χ1) is 6.20. The Morgan fingerprint density at radius 3 is 2.69 bits per heavy atom. The summed E-state index contributed by atoms with van der Waals surface area (Å²) in [6.45, 7) is 1.31. The number of fused-ring (bicyclic) bond motifs is 1. The summed E-state index contributed by atoms with van der Waals surface area (Å²) in [5.41, 5.74) is 5.57. The van der Waals surface area contributed by atoms with Crippen molar-refractivity contribution in [3.05, 3.63) is 30.5 Å². The highest BCUT2D eigenvalue weighted by Gasteiger charge is 1.88. The van der Waals surface area contributed by atoms with Gasteiger partial charge < -0.3 is 5.73 Å². The van der Waals surface area contributed by atoms with Crippen LogP contribution in [-0.2, 0) is 4.79 Å². The fourth-order valence-corrected chi connectivity index (χ4v) is 0.883. The molecule has 4 heteroatoms. The predicted molar refractivity (Wildman–Crippen MR) is 51.0 cm³/mol. The van der Waals surface area contributed by atoms with Crippen molar-refractivity contribution < 1.29 is 4.79 Å². The van der Waals surface area contributed by atoms with E-state index in [0.29, 0.717) is 0 Å². The topological polar surface area (TPSA) is 71.8 Å². The van der Waals surface area contributed by atoms with Crippen molar-refractivity contribution >= 4 is 16.8 Å². The van der Waals surface area contributed by atoms with Crippen molar-refractivity contribution in [3.8, 4) is 0 Å². The lowest BCUT2D eigenvalue weighted by molar-refractivity contribution is -0.115. The second-order valence-corrected chi connectivity index (χ2v) is 2.57. The number of nitrogens with two attached hydrogens (primary N) is 1. The molecule has 0 saturated heterocycles. The lowest BCUT2D eigenvalue weighted by Gasteiger charge is -1.81. The molecule has 1 heterocycles. The van der Waals surface area contributed by atoms with E-state index in [1.54, 1.807) is 0 Å². The van der Waals surface area contributed by atoms with E-state index < -0.39 is 0 Å². The summed E-state index contributed by atoms with van der Waals surface area (Å²) in [7, 11) is 0. The van der Waals surface area contributed by atoms with Crippen LogP contribution in [0.1, 0.15) is 6.92 Å². The molecule has 4 nitrogen and oxygen atoms in total. The Kier molecular flexibility index (Phi) is 3.03. The summed E-state index contributed by atoms with van der Waals surface area (Å²) in [6.07, 6.45) is 1.81. The van der Waals surface area contributed by atoms with Crippen molar-refractivity contribution in [2.24, 2.45) is 5.73 Å². The van der Waals surface area contributed by atoms with Gasteiger partial charge in [0.05, 0.1) is 11.7 Å². The number of hydrogen-bond acceptors (Lipinski definition) is 2. The van der Waals surface area contributed by atoms with E-state index >= 15 is 0 Å². The third kappa shape index (κ3) is 2.94. The van der Waals surface area contributed by atoms with Crippen LogP contribution in [0.15, 0.2) is 30.5 Å². The Bertz CT molecular complexity index is 360. The quantitative estimate of drug-likeness (QED) is 0.631. The zero-order valence-electron chi connectivity index (χ0n) is 7.32. The first kappa shape index (κ1) is 9.25. The summed E-state index contributed by atoms with van der Waals surface area (Å²) in [5.74, 6) is -0.333. The molecule has 0 aliphatic rings. The van der Waals surface area contributed by atoms with Gasteiger partial charge in [0, 0.05) is 12.3 Å². The number of para-hydroxylation sites is 1. The molecular formula is C9H11N3O. The average molecular weight is 177 g/mol. The van der Waals surface area contributed by atoms with Crippen LogP contribution in [-0.4, -0.2) is 16.1 Å². The normalized spacial score (nSPS) is 9.00. The highest BCUT2D eigenvalue weighted by atomic mass is 16.1. The fraction of sp³-hybridized carbons (Fsp3) is 0.111. The van der Waals surface area contributed by atoms with Crippen molar-refractivity contribution in [2.45, 2.75) is 6.92 Å². The van der Waals surface area contributed by atoms with Crippen LogP contribution in [0.25, 0.3) is 10.9 Å². The summed E-state index contributed by atoms with van der Waals surface area (Å²) in [4.78, 5) is 9.22. The number of nitrogens with one attached hydrogen (secondary N) is 1. The minimum absolute atomic E-state index is 0.333. The number of carbonyl (C=O) groups excluding carboxylic acids is 1. The van der Waals surface area contributed by atoms with Crippen LogP contribution in [0.5, 0.6) is 0 Å². The fourth-order valence-electron chi connectivity index (χ4n) is 0.883. The molecule has 0 aliphatic carbocycles. The Balaban J connectivity index is 0.000000184. The summed E-state index contributed by atoms with van der Waals surface area (Å²) in [5, 5.41) is 7.91. The lowest BCUT2D eigenvalue weighted by Crippen LogP contribution is -2.01. The largest absolute Gasteiger partial charge is 0.370 e. The minimum Gasteiger partial charge on any atom is -0.370 e. The maximum absolute atomic E-state index is 9.22. The van der Waals surface area contributed by atoms with Crippen LogP contribution < -0.4 is 5.73 Å². The molecule has 1 aromatic carbocycles. The van der Waals surface area contributed by atoms with Gasteiger partial charge in [-0.15, -0.1) is 0 Å². The van der Waals surface area contributed by atoms with Gasteiger partial charge in [0.1, 0.15) is 0 Å². The Morgan fingerprint density at radius 1 is 1.46 bits per heavy atom.